The van der Waals surface area contributed by atoms with Crippen LogP contribution >= 0.6 is 0 Å². The first-order valence-electron chi connectivity index (χ1n) is 8.98. The smallest absolute Gasteiger partial charge is 0.139 e. The Morgan fingerprint density at radius 3 is 2.50 bits per heavy atom. The molecule has 7 atom stereocenters. The van der Waals surface area contributed by atoms with Crippen LogP contribution in [0, 0.1) is 28.6 Å². The van der Waals surface area contributed by atoms with Gasteiger partial charge < -0.3 is 10.2 Å². The van der Waals surface area contributed by atoms with Crippen LogP contribution in [0.1, 0.15) is 58.8 Å². The lowest BCUT2D eigenvalue weighted by Gasteiger charge is -2.58. The van der Waals surface area contributed by atoms with Gasteiger partial charge in [-0.25, -0.2) is 0 Å². The lowest BCUT2D eigenvalue weighted by molar-refractivity contribution is -0.134. The maximum absolute atomic E-state index is 12.4. The van der Waals surface area contributed by atoms with Crippen molar-refractivity contribution >= 4 is 5.78 Å². The number of aliphatic hydroxyl groups excluding tert-OH is 2. The zero-order chi connectivity index (χ0) is 15.7. The second kappa shape index (κ2) is 4.67. The summed E-state index contributed by atoms with van der Waals surface area (Å²) in [5.74, 6) is 1.95. The van der Waals surface area contributed by atoms with Gasteiger partial charge in [0.05, 0.1) is 12.2 Å². The normalized spacial score (nSPS) is 54.3. The van der Waals surface area contributed by atoms with Crippen molar-refractivity contribution in [1.29, 1.82) is 0 Å². The van der Waals surface area contributed by atoms with E-state index in [1.807, 2.05) is 6.08 Å². The van der Waals surface area contributed by atoms with Crippen molar-refractivity contribution in [3.05, 3.63) is 11.6 Å². The molecular formula is C19H28O3. The molecule has 7 unspecified atom stereocenters. The van der Waals surface area contributed by atoms with E-state index in [-0.39, 0.29) is 10.8 Å². The van der Waals surface area contributed by atoms with Crippen LogP contribution in [0.3, 0.4) is 0 Å². The van der Waals surface area contributed by atoms with Crippen molar-refractivity contribution in [2.45, 2.75) is 71.0 Å². The third-order valence-electron chi connectivity index (χ3n) is 7.81. The van der Waals surface area contributed by atoms with E-state index < -0.39 is 12.2 Å². The molecule has 22 heavy (non-hydrogen) atoms. The van der Waals surface area contributed by atoms with E-state index >= 15 is 0 Å². The predicted octanol–water partition coefficient (Wildman–Crippen LogP) is 2.85. The zero-order valence-corrected chi connectivity index (χ0v) is 13.7. The number of carbonyl (C=O) groups is 1. The molecular weight excluding hydrogens is 276 g/mol. The van der Waals surface area contributed by atoms with Crippen LogP contribution in [-0.2, 0) is 4.79 Å². The maximum Gasteiger partial charge on any atom is 0.139 e. The number of hydrogen-bond acceptors (Lipinski definition) is 3. The minimum atomic E-state index is -0.431. The van der Waals surface area contributed by atoms with Gasteiger partial charge >= 0.3 is 0 Å². The summed E-state index contributed by atoms with van der Waals surface area (Å²) in [5, 5.41) is 20.7. The van der Waals surface area contributed by atoms with E-state index in [1.165, 1.54) is 0 Å². The van der Waals surface area contributed by atoms with Gasteiger partial charge in [-0.2, -0.15) is 0 Å². The molecule has 4 rings (SSSR count). The molecule has 3 fully saturated rings. The molecule has 0 amide bonds. The first-order valence-corrected chi connectivity index (χ1v) is 8.98. The highest BCUT2D eigenvalue weighted by atomic mass is 16.3. The fourth-order valence-corrected chi connectivity index (χ4v) is 6.53. The number of Topliss-reactive ketones (excluding diaryl/α,β-unsaturated/α-hetero) is 1. The molecule has 3 nitrogen and oxygen atoms in total. The molecule has 0 aromatic heterocycles. The van der Waals surface area contributed by atoms with Gasteiger partial charge in [0.15, 0.2) is 0 Å². The van der Waals surface area contributed by atoms with E-state index in [0.29, 0.717) is 23.5 Å². The lowest BCUT2D eigenvalue weighted by atomic mass is 9.47. The average molecular weight is 304 g/mol. The monoisotopic (exact) mass is 304 g/mol. The molecule has 3 heteroatoms. The van der Waals surface area contributed by atoms with E-state index in [1.54, 1.807) is 0 Å². The minimum absolute atomic E-state index is 0.0224. The third kappa shape index (κ3) is 1.78. The topological polar surface area (TPSA) is 57.5 Å². The SMILES string of the molecule is CC12CCC3C(CC(O)C4=CC(O)CCC43C)C1CCC2=O. The van der Waals surface area contributed by atoms with Crippen LogP contribution in [0.25, 0.3) is 0 Å². The van der Waals surface area contributed by atoms with Crippen molar-refractivity contribution in [3.63, 3.8) is 0 Å². The number of carbonyl (C=O) groups excluding carboxylic acids is 1. The Kier molecular flexibility index (Phi) is 3.16. The second-order valence-electron chi connectivity index (χ2n) is 8.69. The summed E-state index contributed by atoms with van der Waals surface area (Å²) in [4.78, 5) is 12.4. The molecule has 0 aliphatic heterocycles. The molecule has 4 aliphatic carbocycles. The highest BCUT2D eigenvalue weighted by molar-refractivity contribution is 5.87. The van der Waals surface area contributed by atoms with Crippen molar-refractivity contribution in [2.24, 2.45) is 28.6 Å². The quantitative estimate of drug-likeness (QED) is 0.677. The van der Waals surface area contributed by atoms with Crippen LogP contribution in [0.4, 0.5) is 0 Å². The van der Waals surface area contributed by atoms with E-state index in [0.717, 1.165) is 50.5 Å². The Morgan fingerprint density at radius 2 is 1.73 bits per heavy atom. The summed E-state index contributed by atoms with van der Waals surface area (Å²) in [6.07, 6.45) is 7.52. The lowest BCUT2D eigenvalue weighted by Crippen LogP contribution is -2.54. The van der Waals surface area contributed by atoms with Gasteiger partial charge in [0.1, 0.15) is 5.78 Å². The summed E-state index contributed by atoms with van der Waals surface area (Å²) in [7, 11) is 0. The zero-order valence-electron chi connectivity index (χ0n) is 13.7. The van der Waals surface area contributed by atoms with Crippen LogP contribution < -0.4 is 0 Å². The Labute approximate surface area is 132 Å². The molecule has 4 aliphatic rings. The van der Waals surface area contributed by atoms with Gasteiger partial charge in [-0.15, -0.1) is 0 Å². The fraction of sp³-hybridized carbons (Fsp3) is 0.842. The largest absolute Gasteiger partial charge is 0.389 e. The van der Waals surface area contributed by atoms with Gasteiger partial charge in [-0.1, -0.05) is 19.9 Å². The predicted molar refractivity (Wildman–Crippen MR) is 84.1 cm³/mol. The van der Waals surface area contributed by atoms with Crippen LogP contribution in [-0.4, -0.2) is 28.2 Å². The average Bonchev–Trinajstić information content (AvgIpc) is 2.77. The molecule has 0 aromatic rings. The third-order valence-corrected chi connectivity index (χ3v) is 7.81. The van der Waals surface area contributed by atoms with Gasteiger partial charge in [-0.05, 0) is 67.3 Å². The molecule has 0 heterocycles. The first-order chi connectivity index (χ1) is 10.4. The number of aliphatic hydroxyl groups is 2. The van der Waals surface area contributed by atoms with Crippen LogP contribution in [0.15, 0.2) is 11.6 Å². The number of hydrogen-bond donors (Lipinski definition) is 2. The highest BCUT2D eigenvalue weighted by Gasteiger charge is 2.60. The van der Waals surface area contributed by atoms with Gasteiger partial charge in [0.2, 0.25) is 0 Å². The standard InChI is InChI=1S/C19H28O3/c1-18-7-5-11(20)9-15(18)16(21)10-12-13-3-4-17(22)19(13,2)8-6-14(12)18/h9,11-14,16,20-21H,3-8,10H2,1-2H3. The molecule has 0 saturated heterocycles. The van der Waals surface area contributed by atoms with E-state index in [2.05, 4.69) is 13.8 Å². The molecule has 122 valence electrons. The van der Waals surface area contributed by atoms with Crippen LogP contribution in [0.2, 0.25) is 0 Å². The second-order valence-corrected chi connectivity index (χ2v) is 8.69. The fourth-order valence-electron chi connectivity index (χ4n) is 6.53. The molecule has 3 saturated carbocycles. The van der Waals surface area contributed by atoms with E-state index in [9.17, 15) is 15.0 Å². The Hall–Kier alpha value is -0.670. The molecule has 0 aromatic carbocycles. The number of rotatable bonds is 0. The summed E-state index contributed by atoms with van der Waals surface area (Å²) >= 11 is 0. The molecule has 0 radical (unpaired) electrons. The highest BCUT2D eigenvalue weighted by Crippen LogP contribution is 2.64. The minimum Gasteiger partial charge on any atom is -0.389 e. The van der Waals surface area contributed by atoms with E-state index in [4.69, 9.17) is 0 Å². The summed E-state index contributed by atoms with van der Waals surface area (Å²) < 4.78 is 0. The molecule has 2 N–H and O–H groups in total. The summed E-state index contributed by atoms with van der Waals surface area (Å²) in [5.41, 5.74) is 0.974. The van der Waals surface area contributed by atoms with Gasteiger partial charge in [0.25, 0.3) is 0 Å². The van der Waals surface area contributed by atoms with Crippen LogP contribution in [0.5, 0.6) is 0 Å². The van der Waals surface area contributed by atoms with Crippen molar-refractivity contribution in [1.82, 2.24) is 0 Å². The van der Waals surface area contributed by atoms with Gasteiger partial charge in [0, 0.05) is 11.8 Å². The Balaban J connectivity index is 1.73. The Bertz CT molecular complexity index is 539. The number of ketones is 1. The maximum atomic E-state index is 12.4. The first kappa shape index (κ1) is 14.9. The Morgan fingerprint density at radius 1 is 1.05 bits per heavy atom. The number of fused-ring (bicyclic) bond motifs is 5. The van der Waals surface area contributed by atoms with Gasteiger partial charge in [-0.3, -0.25) is 4.79 Å². The summed E-state index contributed by atoms with van der Waals surface area (Å²) in [6, 6.07) is 0. The van der Waals surface area contributed by atoms with Crippen molar-refractivity contribution in [2.75, 3.05) is 0 Å². The molecule has 0 spiro atoms. The van der Waals surface area contributed by atoms with Crippen molar-refractivity contribution in [3.8, 4) is 0 Å². The van der Waals surface area contributed by atoms with Crippen molar-refractivity contribution < 1.29 is 15.0 Å². The summed E-state index contributed by atoms with van der Waals surface area (Å²) in [6.45, 7) is 4.47. The molecule has 0 bridgehead atoms.